The number of thioether (sulfide) groups is 1. The summed E-state index contributed by atoms with van der Waals surface area (Å²) in [6, 6.07) is 8.20. The number of pyridine rings is 1. The number of nitrogens with one attached hydrogen (secondary N) is 1. The van der Waals surface area contributed by atoms with E-state index in [0.29, 0.717) is 50.0 Å². The smallest absolute Gasteiger partial charge is 0.260 e. The van der Waals surface area contributed by atoms with E-state index in [2.05, 4.69) is 51.8 Å². The van der Waals surface area contributed by atoms with Crippen LogP contribution >= 0.6 is 11.8 Å². The third kappa shape index (κ3) is 5.32. The molecule has 2 fully saturated rings. The van der Waals surface area contributed by atoms with Gasteiger partial charge < -0.3 is 19.7 Å². The number of carbonyl (C=O) groups excluding carboxylic acids is 1. The second kappa shape index (κ2) is 11.9. The van der Waals surface area contributed by atoms with Crippen LogP contribution in [0.4, 0.5) is 11.6 Å². The van der Waals surface area contributed by atoms with Crippen LogP contribution in [0.3, 0.4) is 0 Å². The van der Waals surface area contributed by atoms with Crippen LogP contribution < -0.4 is 10.2 Å². The number of hydrogen-bond donors (Lipinski definition) is 2. The highest BCUT2D eigenvalue weighted by Crippen LogP contribution is 2.41. The number of hydrogen-bond acceptors (Lipinski definition) is 9. The molecule has 0 spiro atoms. The molecule has 224 valence electrons. The molecule has 2 atom stereocenters. The van der Waals surface area contributed by atoms with E-state index in [9.17, 15) is 9.90 Å². The Morgan fingerprint density at radius 2 is 2.10 bits per heavy atom. The van der Waals surface area contributed by atoms with Gasteiger partial charge in [-0.1, -0.05) is 6.92 Å². The molecule has 0 aliphatic carbocycles. The zero-order valence-electron chi connectivity index (χ0n) is 25.0. The van der Waals surface area contributed by atoms with Crippen LogP contribution in [0.2, 0.25) is 0 Å². The van der Waals surface area contributed by atoms with Gasteiger partial charge in [-0.15, -0.1) is 22.0 Å². The quantitative estimate of drug-likeness (QED) is 0.340. The number of aliphatic hydroxyl groups is 1. The molecule has 2 saturated heterocycles. The molecule has 3 aliphatic rings. The van der Waals surface area contributed by atoms with Gasteiger partial charge in [0.1, 0.15) is 23.8 Å². The molecule has 42 heavy (non-hydrogen) atoms. The highest BCUT2D eigenvalue weighted by atomic mass is 32.2. The van der Waals surface area contributed by atoms with E-state index in [-0.39, 0.29) is 24.0 Å². The predicted molar refractivity (Wildman–Crippen MR) is 164 cm³/mol. The Labute approximate surface area is 251 Å². The van der Waals surface area contributed by atoms with Crippen molar-refractivity contribution in [3.63, 3.8) is 0 Å². The summed E-state index contributed by atoms with van der Waals surface area (Å²) in [5.74, 6) is 2.81. The van der Waals surface area contributed by atoms with Crippen LogP contribution in [0.1, 0.15) is 65.6 Å². The van der Waals surface area contributed by atoms with E-state index in [0.717, 1.165) is 52.7 Å². The molecule has 3 aromatic rings. The van der Waals surface area contributed by atoms with Crippen LogP contribution in [0.15, 0.2) is 35.5 Å². The maximum absolute atomic E-state index is 14.1. The molecule has 1 unspecified atom stereocenters. The topological polar surface area (TPSA) is 109 Å². The fourth-order valence-electron chi connectivity index (χ4n) is 6.62. The lowest BCUT2D eigenvalue weighted by Crippen LogP contribution is -2.49. The highest BCUT2D eigenvalue weighted by Gasteiger charge is 2.43. The number of nitrogens with zero attached hydrogens (tertiary/aromatic N) is 6. The summed E-state index contributed by atoms with van der Waals surface area (Å²) < 4.78 is 7.69. The van der Waals surface area contributed by atoms with Gasteiger partial charge in [0.2, 0.25) is 0 Å². The number of aryl methyl sites for hydroxylation is 1. The first-order valence-corrected chi connectivity index (χ1v) is 16.1. The number of likely N-dealkylation sites (tertiary alicyclic amines) is 1. The number of amides is 1. The first-order valence-electron chi connectivity index (χ1n) is 14.9. The first-order chi connectivity index (χ1) is 20.4. The van der Waals surface area contributed by atoms with Gasteiger partial charge in [-0.3, -0.25) is 14.6 Å². The van der Waals surface area contributed by atoms with Crippen molar-refractivity contribution in [1.82, 2.24) is 24.6 Å². The summed E-state index contributed by atoms with van der Waals surface area (Å²) in [4.78, 5) is 24.3. The lowest BCUT2D eigenvalue weighted by molar-refractivity contribution is -0.0611. The summed E-state index contributed by atoms with van der Waals surface area (Å²) in [5, 5.41) is 22.2. The van der Waals surface area contributed by atoms with Gasteiger partial charge in [0.05, 0.1) is 32.4 Å². The fourth-order valence-corrected chi connectivity index (χ4v) is 7.29. The van der Waals surface area contributed by atoms with Crippen molar-refractivity contribution in [3.8, 4) is 0 Å². The summed E-state index contributed by atoms with van der Waals surface area (Å²) in [5.41, 5.74) is 3.55. The number of aromatic nitrogens is 4. The van der Waals surface area contributed by atoms with Gasteiger partial charge in [-0.05, 0) is 79.4 Å². The second-order valence-electron chi connectivity index (χ2n) is 12.0. The van der Waals surface area contributed by atoms with Crippen molar-refractivity contribution in [1.29, 1.82) is 0 Å². The minimum atomic E-state index is -0.268. The summed E-state index contributed by atoms with van der Waals surface area (Å²) in [6.07, 6.45) is 6.80. The molecule has 2 aromatic heterocycles. The summed E-state index contributed by atoms with van der Waals surface area (Å²) in [6.45, 7) is 8.59. The van der Waals surface area contributed by atoms with Gasteiger partial charge in [-0.2, -0.15) is 0 Å². The minimum absolute atomic E-state index is 0.0303. The van der Waals surface area contributed by atoms with E-state index in [4.69, 9.17) is 9.72 Å². The number of piperidine rings is 1. The van der Waals surface area contributed by atoms with Gasteiger partial charge in [0.25, 0.3) is 5.91 Å². The third-order valence-corrected chi connectivity index (χ3v) is 9.85. The van der Waals surface area contributed by atoms with E-state index in [1.807, 2.05) is 24.6 Å². The van der Waals surface area contributed by atoms with Crippen LogP contribution in [0, 0.1) is 5.92 Å². The molecule has 1 aromatic carbocycles. The van der Waals surface area contributed by atoms with Crippen molar-refractivity contribution in [2.24, 2.45) is 13.0 Å². The molecule has 3 aliphatic heterocycles. The zero-order chi connectivity index (χ0) is 29.4. The van der Waals surface area contributed by atoms with Crippen molar-refractivity contribution >= 4 is 29.3 Å². The highest BCUT2D eigenvalue weighted by molar-refractivity contribution is 7.98. The third-order valence-electron chi connectivity index (χ3n) is 9.05. The van der Waals surface area contributed by atoms with Crippen molar-refractivity contribution in [2.75, 3.05) is 55.9 Å². The lowest BCUT2D eigenvalue weighted by atomic mass is 9.75. The molecule has 11 heteroatoms. The SMILES string of the molecule is CCNc1cc(C2(Cc3nncn3C)COC2)cc(N2Cc3c(SC)cc(C(CO)N4CCC[C@H](C)C4)cc3C2=O)n1. The molecule has 10 nitrogen and oxygen atoms in total. The Bertz CT molecular complexity index is 1460. The predicted octanol–water partition coefficient (Wildman–Crippen LogP) is 3.80. The molecule has 6 rings (SSSR count). The van der Waals surface area contributed by atoms with Gasteiger partial charge >= 0.3 is 0 Å². The Kier molecular flexibility index (Phi) is 8.28. The lowest BCUT2D eigenvalue weighted by Gasteiger charge is -2.42. The van der Waals surface area contributed by atoms with Gasteiger partial charge in [0.15, 0.2) is 0 Å². The van der Waals surface area contributed by atoms with E-state index < -0.39 is 0 Å². The Morgan fingerprint density at radius 1 is 1.26 bits per heavy atom. The number of benzene rings is 1. The summed E-state index contributed by atoms with van der Waals surface area (Å²) >= 11 is 1.65. The maximum Gasteiger partial charge on any atom is 0.260 e. The normalized spacial score (nSPS) is 20.8. The monoisotopic (exact) mass is 591 g/mol. The molecular weight excluding hydrogens is 550 g/mol. The Morgan fingerprint density at radius 3 is 2.74 bits per heavy atom. The van der Waals surface area contributed by atoms with Crippen molar-refractivity contribution in [3.05, 3.63) is 58.7 Å². The van der Waals surface area contributed by atoms with Crippen molar-refractivity contribution < 1.29 is 14.6 Å². The average molecular weight is 592 g/mol. The minimum Gasteiger partial charge on any atom is -0.394 e. The van der Waals surface area contributed by atoms with E-state index >= 15 is 0 Å². The summed E-state index contributed by atoms with van der Waals surface area (Å²) in [7, 11) is 1.95. The van der Waals surface area contributed by atoms with Crippen LogP contribution in [0.5, 0.6) is 0 Å². The standard InChI is InChI=1S/C31H41N7O3S/c1-5-32-27-11-22(31(17-41-18-31)13-29-35-33-19-36(29)3)12-28(34-27)38-15-24-23(30(38)40)9-21(10-26(24)42-4)25(16-39)37-8-6-7-20(2)14-37/h9-12,19-20,25,39H,5-8,13-18H2,1-4H3,(H,32,34)/t20-,25?/m0/s1. The molecule has 5 heterocycles. The number of ether oxygens (including phenoxy) is 1. The first kappa shape index (κ1) is 29.1. The molecule has 0 bridgehead atoms. The number of carbonyl (C=O) groups is 1. The van der Waals surface area contributed by atoms with Gasteiger partial charge in [0, 0.05) is 42.4 Å². The maximum atomic E-state index is 14.1. The van der Waals surface area contributed by atoms with Crippen LogP contribution in [-0.2, 0) is 30.2 Å². The van der Waals surface area contributed by atoms with E-state index in [1.54, 1.807) is 23.0 Å². The number of fused-ring (bicyclic) bond motifs is 1. The second-order valence-corrected chi connectivity index (χ2v) is 12.9. The average Bonchev–Trinajstić information content (AvgIpc) is 3.52. The number of rotatable bonds is 10. The zero-order valence-corrected chi connectivity index (χ0v) is 25.8. The fraction of sp³-hybridized carbons (Fsp3) is 0.548. The Hall–Kier alpha value is -2.99. The number of anilines is 2. The van der Waals surface area contributed by atoms with Crippen LogP contribution in [-0.4, -0.2) is 81.4 Å². The van der Waals surface area contributed by atoms with E-state index in [1.165, 1.54) is 6.42 Å². The number of aliphatic hydroxyl groups excluding tert-OH is 1. The molecule has 2 N–H and O–H groups in total. The van der Waals surface area contributed by atoms with Crippen molar-refractivity contribution in [2.45, 2.75) is 56.0 Å². The molecular formula is C31H41N7O3S. The largest absolute Gasteiger partial charge is 0.394 e. The molecule has 0 saturated carbocycles. The van der Waals surface area contributed by atoms with Crippen LogP contribution in [0.25, 0.3) is 0 Å². The molecule has 0 radical (unpaired) electrons. The van der Waals surface area contributed by atoms with Gasteiger partial charge in [-0.25, -0.2) is 4.98 Å². The Balaban J connectivity index is 1.35. The molecule has 1 amide bonds.